The number of para-hydroxylation sites is 1. The maximum absolute atomic E-state index is 4.30. The van der Waals surface area contributed by atoms with E-state index in [-0.39, 0.29) is 0 Å². The van der Waals surface area contributed by atoms with E-state index in [4.69, 9.17) is 0 Å². The summed E-state index contributed by atoms with van der Waals surface area (Å²) in [5.74, 6) is 1.66. The molecule has 0 saturated carbocycles. The number of aryl methyl sites for hydroxylation is 1. The van der Waals surface area contributed by atoms with Gasteiger partial charge in [0.05, 0.1) is 6.54 Å². The summed E-state index contributed by atoms with van der Waals surface area (Å²) in [5.41, 5.74) is 1.32. The van der Waals surface area contributed by atoms with Crippen LogP contribution < -0.4 is 15.5 Å². The summed E-state index contributed by atoms with van der Waals surface area (Å²) < 4.78 is 1.76. The van der Waals surface area contributed by atoms with E-state index in [1.54, 1.807) is 18.1 Å². The van der Waals surface area contributed by atoms with E-state index in [2.05, 4.69) is 72.8 Å². The number of aliphatic imine (C=N–C) groups is 1. The van der Waals surface area contributed by atoms with E-state index >= 15 is 0 Å². The second kappa shape index (κ2) is 9.36. The Hall–Kier alpha value is -2.61. The van der Waals surface area contributed by atoms with E-state index in [1.165, 1.54) is 5.69 Å². The van der Waals surface area contributed by atoms with Crippen molar-refractivity contribution in [3.8, 4) is 0 Å². The minimum Gasteiger partial charge on any atom is -0.369 e. The smallest absolute Gasteiger partial charge is 0.191 e. The number of guanidine groups is 1. The minimum atomic E-state index is 0.441. The lowest BCUT2D eigenvalue weighted by Crippen LogP contribution is -2.53. The molecule has 2 heterocycles. The standard InChI is InChI=1S/C19H30N8/c1-16(13-21-19(20-2)22-14-18-23-15-24-25(18)3)26-9-11-27(12-10-26)17-7-5-4-6-8-17/h4-8,15-16H,9-14H2,1-3H3,(H2,20,21,22). The average Bonchev–Trinajstić information content (AvgIpc) is 3.13. The zero-order chi connectivity index (χ0) is 19.1. The largest absolute Gasteiger partial charge is 0.369 e. The summed E-state index contributed by atoms with van der Waals surface area (Å²) >= 11 is 0. The molecule has 8 nitrogen and oxygen atoms in total. The van der Waals surface area contributed by atoms with Crippen molar-refractivity contribution in [1.29, 1.82) is 0 Å². The molecule has 27 heavy (non-hydrogen) atoms. The zero-order valence-corrected chi connectivity index (χ0v) is 16.5. The van der Waals surface area contributed by atoms with Gasteiger partial charge in [0.25, 0.3) is 0 Å². The predicted molar refractivity (Wildman–Crippen MR) is 109 cm³/mol. The Labute approximate surface area is 161 Å². The number of aromatic nitrogens is 3. The van der Waals surface area contributed by atoms with Gasteiger partial charge in [-0.1, -0.05) is 18.2 Å². The van der Waals surface area contributed by atoms with Crippen molar-refractivity contribution in [3.05, 3.63) is 42.5 Å². The van der Waals surface area contributed by atoms with Crippen molar-refractivity contribution in [2.45, 2.75) is 19.5 Å². The van der Waals surface area contributed by atoms with Crippen LogP contribution in [0.1, 0.15) is 12.7 Å². The number of nitrogens with one attached hydrogen (secondary N) is 2. The lowest BCUT2D eigenvalue weighted by molar-refractivity contribution is 0.197. The van der Waals surface area contributed by atoms with Gasteiger partial charge in [0.15, 0.2) is 5.96 Å². The van der Waals surface area contributed by atoms with Crippen LogP contribution in [0.5, 0.6) is 0 Å². The molecule has 0 spiro atoms. The third kappa shape index (κ3) is 5.19. The number of benzene rings is 1. The van der Waals surface area contributed by atoms with Gasteiger partial charge < -0.3 is 15.5 Å². The Kier molecular flexibility index (Phi) is 6.64. The van der Waals surface area contributed by atoms with E-state index in [0.29, 0.717) is 12.6 Å². The summed E-state index contributed by atoms with van der Waals surface area (Å²) in [7, 11) is 3.67. The molecule has 1 saturated heterocycles. The molecule has 0 bridgehead atoms. The summed E-state index contributed by atoms with van der Waals surface area (Å²) in [4.78, 5) is 13.5. The fraction of sp³-hybridized carbons (Fsp3) is 0.526. The molecule has 1 aromatic heterocycles. The minimum absolute atomic E-state index is 0.441. The van der Waals surface area contributed by atoms with Gasteiger partial charge in [0, 0.05) is 58.5 Å². The van der Waals surface area contributed by atoms with E-state index in [1.807, 2.05) is 7.05 Å². The maximum atomic E-state index is 4.30. The number of rotatable bonds is 6. The summed E-state index contributed by atoms with van der Waals surface area (Å²) in [5, 5.41) is 10.8. The number of anilines is 1. The second-order valence-corrected chi connectivity index (χ2v) is 6.81. The first-order valence-corrected chi connectivity index (χ1v) is 9.49. The lowest BCUT2D eigenvalue weighted by Gasteiger charge is -2.39. The Morgan fingerprint density at radius 2 is 1.89 bits per heavy atom. The van der Waals surface area contributed by atoms with Gasteiger partial charge >= 0.3 is 0 Å². The molecule has 146 valence electrons. The Balaban J connectivity index is 1.41. The SMILES string of the molecule is CN=C(NCc1ncnn1C)NCC(C)N1CCN(c2ccccc2)CC1. The normalized spacial score (nSPS) is 17.0. The van der Waals surface area contributed by atoms with E-state index < -0.39 is 0 Å². The van der Waals surface area contributed by atoms with Crippen LogP contribution in [0.25, 0.3) is 0 Å². The van der Waals surface area contributed by atoms with Gasteiger partial charge in [-0.3, -0.25) is 14.6 Å². The van der Waals surface area contributed by atoms with Crippen molar-refractivity contribution in [2.24, 2.45) is 12.0 Å². The highest BCUT2D eigenvalue weighted by Crippen LogP contribution is 2.16. The van der Waals surface area contributed by atoms with Gasteiger partial charge in [-0.2, -0.15) is 5.10 Å². The van der Waals surface area contributed by atoms with E-state index in [0.717, 1.165) is 44.5 Å². The summed E-state index contributed by atoms with van der Waals surface area (Å²) in [6, 6.07) is 11.1. The van der Waals surface area contributed by atoms with Crippen LogP contribution in [-0.2, 0) is 13.6 Å². The van der Waals surface area contributed by atoms with Crippen molar-refractivity contribution in [2.75, 3.05) is 44.7 Å². The van der Waals surface area contributed by atoms with Crippen molar-refractivity contribution < 1.29 is 0 Å². The summed E-state index contributed by atoms with van der Waals surface area (Å²) in [6.07, 6.45) is 1.56. The van der Waals surface area contributed by atoms with Gasteiger partial charge in [-0.25, -0.2) is 4.98 Å². The fourth-order valence-corrected chi connectivity index (χ4v) is 3.30. The zero-order valence-electron chi connectivity index (χ0n) is 16.5. The molecule has 1 aliphatic heterocycles. The molecular formula is C19H30N8. The molecule has 2 N–H and O–H groups in total. The summed E-state index contributed by atoms with van der Waals surface area (Å²) in [6.45, 7) is 7.98. The van der Waals surface area contributed by atoms with Gasteiger partial charge in [-0.05, 0) is 19.1 Å². The Morgan fingerprint density at radius 3 is 2.52 bits per heavy atom. The molecule has 8 heteroatoms. The molecule has 0 amide bonds. The first-order valence-electron chi connectivity index (χ1n) is 9.49. The lowest BCUT2D eigenvalue weighted by atomic mass is 10.2. The monoisotopic (exact) mass is 370 g/mol. The van der Waals surface area contributed by atoms with Gasteiger partial charge in [0.2, 0.25) is 0 Å². The Bertz CT molecular complexity index is 718. The molecular weight excluding hydrogens is 340 g/mol. The van der Waals surface area contributed by atoms with Crippen LogP contribution in [0.2, 0.25) is 0 Å². The second-order valence-electron chi connectivity index (χ2n) is 6.81. The van der Waals surface area contributed by atoms with Crippen molar-refractivity contribution in [3.63, 3.8) is 0 Å². The third-order valence-electron chi connectivity index (χ3n) is 5.07. The third-order valence-corrected chi connectivity index (χ3v) is 5.07. The Morgan fingerprint density at radius 1 is 1.15 bits per heavy atom. The van der Waals surface area contributed by atoms with Crippen LogP contribution in [0.15, 0.2) is 41.7 Å². The first kappa shape index (κ1) is 19.2. The molecule has 0 radical (unpaired) electrons. The molecule has 1 unspecified atom stereocenters. The van der Waals surface area contributed by atoms with E-state index in [9.17, 15) is 0 Å². The molecule has 0 aliphatic carbocycles. The number of hydrogen-bond acceptors (Lipinski definition) is 5. The van der Waals surface area contributed by atoms with Crippen molar-refractivity contribution in [1.82, 2.24) is 30.3 Å². The number of nitrogens with zero attached hydrogens (tertiary/aromatic N) is 6. The topological polar surface area (TPSA) is 73.6 Å². The molecule has 1 aromatic carbocycles. The average molecular weight is 371 g/mol. The van der Waals surface area contributed by atoms with Crippen LogP contribution >= 0.6 is 0 Å². The molecule has 2 aromatic rings. The first-order chi connectivity index (χ1) is 13.2. The molecule has 1 fully saturated rings. The highest BCUT2D eigenvalue weighted by atomic mass is 15.3. The van der Waals surface area contributed by atoms with Crippen LogP contribution in [0.3, 0.4) is 0 Å². The number of hydrogen-bond donors (Lipinski definition) is 2. The molecule has 1 atom stereocenters. The highest BCUT2D eigenvalue weighted by Gasteiger charge is 2.21. The van der Waals surface area contributed by atoms with Gasteiger partial charge in [0.1, 0.15) is 12.2 Å². The van der Waals surface area contributed by atoms with Crippen LogP contribution in [0, 0.1) is 0 Å². The number of piperazine rings is 1. The fourth-order valence-electron chi connectivity index (χ4n) is 3.30. The molecule has 1 aliphatic rings. The van der Waals surface area contributed by atoms with Crippen LogP contribution in [-0.4, -0.2) is 71.4 Å². The highest BCUT2D eigenvalue weighted by molar-refractivity contribution is 5.79. The predicted octanol–water partition coefficient (Wildman–Crippen LogP) is 0.691. The quantitative estimate of drug-likeness (QED) is 0.576. The van der Waals surface area contributed by atoms with Gasteiger partial charge in [-0.15, -0.1) is 0 Å². The van der Waals surface area contributed by atoms with Crippen molar-refractivity contribution >= 4 is 11.6 Å². The molecule has 3 rings (SSSR count). The maximum Gasteiger partial charge on any atom is 0.191 e. The van der Waals surface area contributed by atoms with Crippen LogP contribution in [0.4, 0.5) is 5.69 Å².